The number of ketones is 3. The molecule has 2 aliphatic heterocycles. The summed E-state index contributed by atoms with van der Waals surface area (Å²) < 4.78 is 0. The van der Waals surface area contributed by atoms with Crippen molar-refractivity contribution in [3.63, 3.8) is 0 Å². The van der Waals surface area contributed by atoms with E-state index in [1.165, 1.54) is 40.8 Å². The number of likely N-dealkylation sites (tertiary alicyclic amines) is 2. The molecule has 0 spiro atoms. The number of nitrogens with zero attached hydrogens (tertiary/aromatic N) is 5. The van der Waals surface area contributed by atoms with Crippen molar-refractivity contribution >= 4 is 83.3 Å². The predicted molar refractivity (Wildman–Crippen MR) is 318 cm³/mol. The highest BCUT2D eigenvalue weighted by atomic mass is 32.1. The van der Waals surface area contributed by atoms with E-state index < -0.39 is 106 Å². The van der Waals surface area contributed by atoms with Crippen molar-refractivity contribution in [3.05, 3.63) is 29.8 Å². The Morgan fingerprint density at radius 3 is 1.88 bits per heavy atom. The van der Waals surface area contributed by atoms with E-state index in [0.29, 0.717) is 43.5 Å². The number of benzene rings is 1. The Morgan fingerprint density at radius 2 is 1.33 bits per heavy atom. The van der Waals surface area contributed by atoms with E-state index in [-0.39, 0.29) is 139 Å². The van der Waals surface area contributed by atoms with Gasteiger partial charge in [-0.15, -0.1) is 0 Å². The molecule has 1 aromatic carbocycles. The van der Waals surface area contributed by atoms with Crippen LogP contribution in [-0.4, -0.2) is 171 Å². The first-order chi connectivity index (χ1) is 39.0. The van der Waals surface area contributed by atoms with Crippen molar-refractivity contribution in [3.8, 4) is 5.75 Å². The van der Waals surface area contributed by atoms with Gasteiger partial charge in [-0.2, -0.15) is 12.6 Å². The van der Waals surface area contributed by atoms with Gasteiger partial charge in [0.25, 0.3) is 0 Å². The largest absolute Gasteiger partial charge is 0.508 e. The minimum atomic E-state index is -1.13. The van der Waals surface area contributed by atoms with Gasteiger partial charge in [-0.25, -0.2) is 0 Å². The molecule has 0 unspecified atom stereocenters. The van der Waals surface area contributed by atoms with Crippen molar-refractivity contribution < 1.29 is 58.2 Å². The number of nitrogens with two attached hydrogens (primary N) is 4. The summed E-state index contributed by atoms with van der Waals surface area (Å²) in [5, 5.41) is 28.4. The number of unbranched alkanes of at least 4 members (excludes halogenated alkanes) is 1. The van der Waals surface area contributed by atoms with E-state index in [1.807, 2.05) is 13.8 Å². The van der Waals surface area contributed by atoms with Crippen LogP contribution in [0, 0.1) is 29.1 Å². The van der Waals surface area contributed by atoms with E-state index in [9.17, 15) is 53.4 Å². The SMILES string of the molecule is CC(=O)N[C@@H](CCCCNC(=O)CCS)C(=O)N1CCC[C@H]1C(=O)N(C)[C@@H](CCCN=C(N)N)C(=O)C[C@@H](CCCN=C(N)N)C(=O)N1CCC[C@H]1C(=O)C[C@@H](Cc1ccc(O)cc1)C(=O)N[C@H](C(=O)C[C@@H](CC(C)C)C(=O)O)C(C)(C)C. The molecule has 0 aromatic heterocycles. The first-order valence-corrected chi connectivity index (χ1v) is 29.7. The van der Waals surface area contributed by atoms with Gasteiger partial charge >= 0.3 is 5.97 Å². The van der Waals surface area contributed by atoms with Gasteiger partial charge in [0.1, 0.15) is 17.8 Å². The zero-order valence-electron chi connectivity index (χ0n) is 49.7. The minimum absolute atomic E-state index is 0.00940. The molecule has 6 amide bonds. The van der Waals surface area contributed by atoms with Crippen LogP contribution in [0.1, 0.15) is 150 Å². The number of hydrogen-bond donors (Lipinski definition) is 10. The maximum Gasteiger partial charge on any atom is 0.306 e. The number of amides is 6. The number of aromatic hydroxyl groups is 1. The van der Waals surface area contributed by atoms with Gasteiger partial charge in [-0.05, 0) is 118 Å². The van der Waals surface area contributed by atoms with E-state index in [1.54, 1.807) is 32.9 Å². The molecule has 2 heterocycles. The van der Waals surface area contributed by atoms with Crippen molar-refractivity contribution in [2.45, 2.75) is 181 Å². The van der Waals surface area contributed by atoms with Gasteiger partial charge < -0.3 is 63.8 Å². The van der Waals surface area contributed by atoms with Crippen LogP contribution in [0.5, 0.6) is 5.75 Å². The van der Waals surface area contributed by atoms with Crippen LogP contribution in [0.25, 0.3) is 0 Å². The number of hydrogen-bond acceptors (Lipinski definition) is 14. The quantitative estimate of drug-likeness (QED) is 0.0199. The first-order valence-electron chi connectivity index (χ1n) is 29.1. The Morgan fingerprint density at radius 1 is 0.747 bits per heavy atom. The lowest BCUT2D eigenvalue weighted by Gasteiger charge is -2.35. The molecule has 2 aliphatic rings. The summed E-state index contributed by atoms with van der Waals surface area (Å²) in [6.45, 7) is 11.2. The number of Topliss-reactive ketones (excluding diaryl/α,β-unsaturated/α-hetero) is 3. The second-order valence-electron chi connectivity index (χ2n) is 23.6. The second kappa shape index (κ2) is 34.7. The van der Waals surface area contributed by atoms with Crippen LogP contribution >= 0.6 is 12.6 Å². The summed E-state index contributed by atoms with van der Waals surface area (Å²) in [7, 11) is 1.47. The number of phenols is 1. The molecule has 83 heavy (non-hydrogen) atoms. The lowest BCUT2D eigenvalue weighted by Crippen LogP contribution is -2.55. The van der Waals surface area contributed by atoms with Crippen LogP contribution in [0.4, 0.5) is 0 Å². The maximum atomic E-state index is 15.0. The van der Waals surface area contributed by atoms with Gasteiger partial charge in [0.15, 0.2) is 29.3 Å². The summed E-state index contributed by atoms with van der Waals surface area (Å²) in [4.78, 5) is 151. The third-order valence-electron chi connectivity index (χ3n) is 15.2. The van der Waals surface area contributed by atoms with Crippen LogP contribution in [0.2, 0.25) is 0 Å². The number of aliphatic imine (C=N–C) groups is 2. The van der Waals surface area contributed by atoms with E-state index in [2.05, 4.69) is 38.6 Å². The van der Waals surface area contributed by atoms with E-state index in [4.69, 9.17) is 22.9 Å². The van der Waals surface area contributed by atoms with E-state index in [0.717, 1.165) is 0 Å². The molecular weight excluding hydrogens is 1090 g/mol. The van der Waals surface area contributed by atoms with E-state index >= 15 is 4.79 Å². The highest BCUT2D eigenvalue weighted by Gasteiger charge is 2.44. The lowest BCUT2D eigenvalue weighted by molar-refractivity contribution is -0.148. The van der Waals surface area contributed by atoms with Gasteiger partial charge in [0.05, 0.1) is 24.0 Å². The fourth-order valence-electron chi connectivity index (χ4n) is 11.0. The fourth-order valence-corrected chi connectivity index (χ4v) is 11.2. The third-order valence-corrected chi connectivity index (χ3v) is 15.4. The standard InChI is InChI=1S/C58H94N12O12S/c1-35(2)30-40(55(81)82)34-48(75)50(58(4,5)6)67-51(77)39(31-37-19-21-41(72)22-20-37)33-47(74)44-17-12-27-69(44)52(78)38(14-10-25-64-56(59)60)32-46(73)43(16-11-26-65-57(61)62)68(7)54(80)45-18-13-28-70(45)53(79)42(66-36(3)71)15-8-9-24-63-49(76)23-29-83/h19-22,35,38-40,42-45,50,72,83H,8-18,23-34H2,1-7H3,(H,63,76)(H,66,71)(H,67,77)(H,81,82)(H4,59,60,64)(H4,61,62,65)/t38-,39-,40-,42+,43+,44+,45+,50-/m1/s1. The van der Waals surface area contributed by atoms with Crippen LogP contribution in [0.15, 0.2) is 34.3 Å². The summed E-state index contributed by atoms with van der Waals surface area (Å²) >= 11 is 4.08. The number of aliphatic carboxylic acids is 1. The average Bonchev–Trinajstić information content (AvgIpc) is 4.31. The smallest absolute Gasteiger partial charge is 0.306 e. The summed E-state index contributed by atoms with van der Waals surface area (Å²) in [6.07, 6.45) is 2.83. The Bertz CT molecular complexity index is 2440. The zero-order chi connectivity index (χ0) is 62.1. The molecule has 8 atom stereocenters. The molecule has 2 fully saturated rings. The fraction of sp³-hybridized carbons (Fsp3) is 0.690. The molecule has 0 radical (unpaired) electrons. The van der Waals surface area contributed by atoms with Crippen molar-refractivity contribution in [1.82, 2.24) is 30.7 Å². The minimum Gasteiger partial charge on any atom is -0.508 e. The first kappa shape index (κ1) is 70.5. The Kier molecular flexibility index (Phi) is 29.5. The number of likely N-dealkylation sites (N-methyl/N-ethyl adjacent to an activating group) is 1. The lowest BCUT2D eigenvalue weighted by atomic mass is 9.80. The van der Waals surface area contributed by atoms with Gasteiger partial charge in [-0.3, -0.25) is 57.9 Å². The molecule has 25 heteroatoms. The Labute approximate surface area is 494 Å². The summed E-state index contributed by atoms with van der Waals surface area (Å²) in [5.74, 6) is -8.27. The number of carboxylic acid groups (broad SMARTS) is 1. The van der Waals surface area contributed by atoms with Crippen molar-refractivity contribution in [2.75, 3.05) is 45.5 Å². The Balaban J connectivity index is 1.96. The number of thiol groups is 1. The molecule has 0 saturated carbocycles. The zero-order valence-corrected chi connectivity index (χ0v) is 50.6. The molecule has 464 valence electrons. The molecule has 0 bridgehead atoms. The molecule has 0 aliphatic carbocycles. The molecule has 1 aromatic rings. The highest BCUT2D eigenvalue weighted by Crippen LogP contribution is 2.31. The number of carbonyl (C=O) groups is 10. The van der Waals surface area contributed by atoms with Crippen LogP contribution in [-0.2, 0) is 54.4 Å². The maximum absolute atomic E-state index is 15.0. The number of phenolic OH excluding ortho intramolecular Hbond substituents is 1. The molecule has 24 nitrogen and oxygen atoms in total. The topological polar surface area (TPSA) is 386 Å². The number of carboxylic acids is 1. The number of nitrogens with one attached hydrogen (secondary N) is 3. The monoisotopic (exact) mass is 1180 g/mol. The number of guanidine groups is 2. The number of rotatable bonds is 36. The highest BCUT2D eigenvalue weighted by molar-refractivity contribution is 7.80. The van der Waals surface area contributed by atoms with Gasteiger partial charge in [0.2, 0.25) is 35.4 Å². The average molecular weight is 1180 g/mol. The molecule has 2 saturated heterocycles. The predicted octanol–water partition coefficient (Wildman–Crippen LogP) is 2.35. The normalized spacial score (nSPS) is 17.3. The van der Waals surface area contributed by atoms with Crippen molar-refractivity contribution in [2.24, 2.45) is 62.0 Å². The summed E-state index contributed by atoms with van der Waals surface area (Å²) in [5.41, 5.74) is 22.2. The summed E-state index contributed by atoms with van der Waals surface area (Å²) in [6, 6.07) is 0.919. The third kappa shape index (κ3) is 23.8. The number of carbonyl (C=O) groups excluding carboxylic acids is 9. The van der Waals surface area contributed by atoms with Gasteiger partial charge in [0, 0.05) is 84.2 Å². The molecular formula is C58H94N12O12S. The molecule has 3 rings (SSSR count). The van der Waals surface area contributed by atoms with Crippen LogP contribution in [0.3, 0.4) is 0 Å². The Hall–Kier alpha value is -6.79. The molecule has 13 N–H and O–H groups in total. The second-order valence-corrected chi connectivity index (χ2v) is 24.0. The van der Waals surface area contributed by atoms with Crippen LogP contribution < -0.4 is 38.9 Å². The van der Waals surface area contributed by atoms with Gasteiger partial charge in [-0.1, -0.05) is 46.8 Å². The van der Waals surface area contributed by atoms with Crippen molar-refractivity contribution in [1.29, 1.82) is 0 Å².